The van der Waals surface area contributed by atoms with E-state index in [1.807, 2.05) is 4.98 Å². The van der Waals surface area contributed by atoms with Gasteiger partial charge in [-0.15, -0.1) is 0 Å². The number of aromatic nitrogens is 4. The molecule has 8 nitrogen and oxygen atoms in total. The van der Waals surface area contributed by atoms with E-state index >= 15 is 0 Å². The molecule has 0 aliphatic rings. The predicted octanol–water partition coefficient (Wildman–Crippen LogP) is -0.869. The molecule has 0 fully saturated rings. The summed E-state index contributed by atoms with van der Waals surface area (Å²) in [6.45, 7) is 0.692. The summed E-state index contributed by atoms with van der Waals surface area (Å²) in [6.07, 6.45) is 5.93. The van der Waals surface area contributed by atoms with E-state index < -0.39 is 22.8 Å². The number of nitrogens with zero attached hydrogens (tertiary/aromatic N) is 3. The van der Waals surface area contributed by atoms with Crippen molar-refractivity contribution in [1.82, 2.24) is 19.1 Å². The number of rotatable bonds is 4. The van der Waals surface area contributed by atoms with Crippen LogP contribution in [0.2, 0.25) is 0 Å². The molecular weight excluding hydrogens is 240 g/mol. The van der Waals surface area contributed by atoms with Crippen LogP contribution in [0, 0.1) is 0 Å². The van der Waals surface area contributed by atoms with Crippen LogP contribution in [-0.2, 0) is 13.1 Å². The van der Waals surface area contributed by atoms with Gasteiger partial charge < -0.3 is 9.67 Å². The van der Waals surface area contributed by atoms with Crippen LogP contribution in [0.15, 0.2) is 34.5 Å². The van der Waals surface area contributed by atoms with E-state index in [0.29, 0.717) is 6.54 Å². The maximum Gasteiger partial charge on any atom is 0.342 e. The fraction of sp³-hybridized carbons (Fsp3) is 0.200. The lowest BCUT2D eigenvalue weighted by Crippen LogP contribution is -2.34. The van der Waals surface area contributed by atoms with E-state index in [4.69, 9.17) is 5.11 Å². The smallest absolute Gasteiger partial charge is 0.342 e. The molecule has 2 aromatic heterocycles. The molecular formula is C10H10N4O4. The zero-order chi connectivity index (χ0) is 13.1. The van der Waals surface area contributed by atoms with Crippen LogP contribution >= 0.6 is 0 Å². The van der Waals surface area contributed by atoms with Gasteiger partial charge in [-0.25, -0.2) is 14.6 Å². The minimum atomic E-state index is -1.37. The van der Waals surface area contributed by atoms with Crippen LogP contribution in [0.5, 0.6) is 0 Å². The lowest BCUT2D eigenvalue weighted by atomic mass is 10.3. The van der Waals surface area contributed by atoms with Crippen molar-refractivity contribution >= 4 is 5.97 Å². The second-order valence-corrected chi connectivity index (χ2v) is 3.60. The number of aryl methyl sites for hydroxylation is 2. The fourth-order valence-corrected chi connectivity index (χ4v) is 1.47. The van der Waals surface area contributed by atoms with Crippen molar-refractivity contribution in [1.29, 1.82) is 0 Å². The standard InChI is InChI=1S/C10H10N4O4/c15-8-7(9(16)17)5-14(10(18)12-8)4-3-13-2-1-11-6-13/h1-2,5-6H,3-4H2,(H,16,17)(H,12,15,18). The Morgan fingerprint density at radius 1 is 1.39 bits per heavy atom. The number of hydrogen-bond donors (Lipinski definition) is 2. The minimum Gasteiger partial charge on any atom is -0.477 e. The summed E-state index contributed by atoms with van der Waals surface area (Å²) >= 11 is 0. The first-order valence-corrected chi connectivity index (χ1v) is 5.11. The van der Waals surface area contributed by atoms with Crippen LogP contribution in [-0.4, -0.2) is 30.2 Å². The minimum absolute atomic E-state index is 0.242. The first-order valence-electron chi connectivity index (χ1n) is 5.11. The van der Waals surface area contributed by atoms with Gasteiger partial charge in [-0.1, -0.05) is 0 Å². The number of H-pyrrole nitrogens is 1. The summed E-state index contributed by atoms with van der Waals surface area (Å²) in [4.78, 5) is 39.2. The zero-order valence-corrected chi connectivity index (χ0v) is 9.24. The second kappa shape index (κ2) is 4.70. The molecule has 0 aliphatic heterocycles. The Labute approximate surface area is 100 Å². The van der Waals surface area contributed by atoms with Crippen molar-refractivity contribution in [3.05, 3.63) is 51.3 Å². The summed E-state index contributed by atoms with van der Waals surface area (Å²) in [5, 5.41) is 8.78. The van der Waals surface area contributed by atoms with Gasteiger partial charge in [0.25, 0.3) is 5.56 Å². The molecule has 0 saturated heterocycles. The molecule has 0 amide bonds. The Bertz CT molecular complexity index is 668. The van der Waals surface area contributed by atoms with Gasteiger partial charge in [-0.2, -0.15) is 0 Å². The third-order valence-corrected chi connectivity index (χ3v) is 2.40. The van der Waals surface area contributed by atoms with Crippen LogP contribution < -0.4 is 11.2 Å². The molecule has 0 aliphatic carbocycles. The number of imidazole rings is 1. The molecule has 0 spiro atoms. The Morgan fingerprint density at radius 3 is 2.78 bits per heavy atom. The van der Waals surface area contributed by atoms with Crippen LogP contribution in [0.4, 0.5) is 0 Å². The lowest BCUT2D eigenvalue weighted by Gasteiger charge is -2.06. The third kappa shape index (κ3) is 2.37. The van der Waals surface area contributed by atoms with E-state index in [2.05, 4.69) is 4.98 Å². The fourth-order valence-electron chi connectivity index (χ4n) is 1.47. The van der Waals surface area contributed by atoms with Crippen molar-refractivity contribution in [2.24, 2.45) is 0 Å². The van der Waals surface area contributed by atoms with Crippen LogP contribution in [0.25, 0.3) is 0 Å². The van der Waals surface area contributed by atoms with Gasteiger partial charge in [0.2, 0.25) is 0 Å². The molecule has 2 aromatic rings. The van der Waals surface area contributed by atoms with Gasteiger partial charge >= 0.3 is 11.7 Å². The Morgan fingerprint density at radius 2 is 2.17 bits per heavy atom. The molecule has 8 heteroatoms. The van der Waals surface area contributed by atoms with Gasteiger partial charge in [0.05, 0.1) is 6.33 Å². The van der Waals surface area contributed by atoms with Gasteiger partial charge in [-0.3, -0.25) is 14.3 Å². The highest BCUT2D eigenvalue weighted by Crippen LogP contribution is 1.91. The second-order valence-electron chi connectivity index (χ2n) is 3.60. The van der Waals surface area contributed by atoms with Gasteiger partial charge in [0.1, 0.15) is 5.56 Å². The Balaban J connectivity index is 2.28. The number of aromatic carboxylic acids is 1. The maximum absolute atomic E-state index is 11.5. The van der Waals surface area contributed by atoms with Crippen LogP contribution in [0.3, 0.4) is 0 Å². The molecule has 0 unspecified atom stereocenters. The predicted molar refractivity (Wildman–Crippen MR) is 60.5 cm³/mol. The van der Waals surface area contributed by atoms with Gasteiger partial charge in [-0.05, 0) is 0 Å². The van der Waals surface area contributed by atoms with Gasteiger partial charge in [0.15, 0.2) is 0 Å². The number of carboxylic acids is 1. The molecule has 2 N–H and O–H groups in total. The molecule has 2 heterocycles. The SMILES string of the molecule is O=C(O)c1cn(CCn2ccnc2)c(=O)[nH]c1=O. The number of hydrogen-bond acceptors (Lipinski definition) is 4. The molecule has 0 bridgehead atoms. The molecule has 18 heavy (non-hydrogen) atoms. The molecule has 2 rings (SSSR count). The average molecular weight is 250 g/mol. The van der Waals surface area contributed by atoms with Crippen molar-refractivity contribution in [2.45, 2.75) is 13.1 Å². The van der Waals surface area contributed by atoms with Crippen molar-refractivity contribution in [2.75, 3.05) is 0 Å². The van der Waals surface area contributed by atoms with E-state index in [9.17, 15) is 14.4 Å². The quantitative estimate of drug-likeness (QED) is 0.733. The molecule has 0 saturated carbocycles. The van der Waals surface area contributed by atoms with Crippen molar-refractivity contribution < 1.29 is 9.90 Å². The molecule has 0 atom stereocenters. The summed E-state index contributed by atoms with van der Waals surface area (Å²) in [6, 6.07) is 0. The normalized spacial score (nSPS) is 10.4. The summed E-state index contributed by atoms with van der Waals surface area (Å²) in [7, 11) is 0. The highest BCUT2D eigenvalue weighted by Gasteiger charge is 2.11. The van der Waals surface area contributed by atoms with E-state index in [0.717, 1.165) is 10.8 Å². The summed E-state index contributed by atoms with van der Waals surface area (Å²) in [5.74, 6) is -1.37. The van der Waals surface area contributed by atoms with Crippen molar-refractivity contribution in [3.8, 4) is 0 Å². The Hall–Kier alpha value is -2.64. The zero-order valence-electron chi connectivity index (χ0n) is 9.24. The van der Waals surface area contributed by atoms with Crippen LogP contribution in [0.1, 0.15) is 10.4 Å². The number of aromatic amines is 1. The molecule has 0 aromatic carbocycles. The number of carboxylic acid groups (broad SMARTS) is 1. The average Bonchev–Trinajstić information content (AvgIpc) is 2.80. The van der Waals surface area contributed by atoms with E-state index in [1.165, 1.54) is 0 Å². The topological polar surface area (TPSA) is 110 Å². The first-order chi connectivity index (χ1) is 8.58. The highest BCUT2D eigenvalue weighted by atomic mass is 16.4. The van der Waals surface area contributed by atoms with E-state index in [-0.39, 0.29) is 6.54 Å². The Kier molecular flexibility index (Phi) is 3.09. The lowest BCUT2D eigenvalue weighted by molar-refractivity contribution is 0.0693. The van der Waals surface area contributed by atoms with E-state index in [1.54, 1.807) is 23.3 Å². The van der Waals surface area contributed by atoms with Gasteiger partial charge in [0, 0.05) is 31.7 Å². The van der Waals surface area contributed by atoms with Crippen molar-refractivity contribution in [3.63, 3.8) is 0 Å². The maximum atomic E-state index is 11.5. The number of nitrogens with one attached hydrogen (secondary N) is 1. The largest absolute Gasteiger partial charge is 0.477 e. The third-order valence-electron chi connectivity index (χ3n) is 2.40. The number of carbonyl (C=O) groups is 1. The summed E-state index contributed by atoms with van der Waals surface area (Å²) < 4.78 is 2.88. The molecule has 94 valence electrons. The highest BCUT2D eigenvalue weighted by molar-refractivity contribution is 5.86. The monoisotopic (exact) mass is 250 g/mol. The molecule has 0 radical (unpaired) electrons. The summed E-state index contributed by atoms with van der Waals surface area (Å²) in [5.41, 5.74) is -1.99. The first kappa shape index (κ1) is 11.8.